The molecule has 2 heteroatoms. The van der Waals surface area contributed by atoms with Crippen LogP contribution in [0, 0.1) is 13.8 Å². The molecule has 100 valence electrons. The maximum Gasteiger partial charge on any atom is 0.125 e. The zero-order chi connectivity index (χ0) is 13.3. The summed E-state index contributed by atoms with van der Waals surface area (Å²) < 4.78 is 5.63. The van der Waals surface area contributed by atoms with E-state index in [1.54, 1.807) is 7.11 Å². The van der Waals surface area contributed by atoms with Crippen molar-refractivity contribution in [2.45, 2.75) is 52.4 Å². The van der Waals surface area contributed by atoms with Crippen LogP contribution in [-0.2, 0) is 12.8 Å². The summed E-state index contributed by atoms with van der Waals surface area (Å²) in [7, 11) is 1.74. The van der Waals surface area contributed by atoms with Crippen molar-refractivity contribution in [3.05, 3.63) is 27.8 Å². The third kappa shape index (κ3) is 2.03. The maximum atomic E-state index is 9.47. The van der Waals surface area contributed by atoms with Crippen molar-refractivity contribution in [1.82, 2.24) is 0 Å². The van der Waals surface area contributed by atoms with Crippen LogP contribution in [0.4, 0.5) is 0 Å². The molecule has 0 aromatic heterocycles. The molecule has 1 unspecified atom stereocenters. The minimum Gasteiger partial charge on any atom is -0.496 e. The Morgan fingerprint density at radius 3 is 2.17 bits per heavy atom. The lowest BCUT2D eigenvalue weighted by molar-refractivity contribution is 0.269. The Bertz CT molecular complexity index is 449. The molecule has 0 aliphatic heterocycles. The molecule has 1 aromatic rings. The van der Waals surface area contributed by atoms with Crippen LogP contribution >= 0.6 is 0 Å². The van der Waals surface area contributed by atoms with Crippen LogP contribution < -0.4 is 4.74 Å². The molecule has 2 nitrogen and oxygen atoms in total. The fraction of sp³-hybridized carbons (Fsp3) is 0.625. The molecule has 1 atom stereocenters. The lowest BCUT2D eigenvalue weighted by Crippen LogP contribution is -2.14. The standard InChI is InChI=1S/C16H24O2/c1-10(9-17)15-11(2)13-7-5-6-8-14(13)12(3)16(15)18-4/h10,17H,5-9H2,1-4H3. The van der Waals surface area contributed by atoms with Gasteiger partial charge in [-0.3, -0.25) is 0 Å². The Balaban J connectivity index is 2.68. The topological polar surface area (TPSA) is 29.5 Å². The van der Waals surface area contributed by atoms with E-state index in [1.165, 1.54) is 53.5 Å². The van der Waals surface area contributed by atoms with E-state index in [0.29, 0.717) is 0 Å². The molecule has 0 fully saturated rings. The van der Waals surface area contributed by atoms with Gasteiger partial charge in [-0.1, -0.05) is 6.92 Å². The minimum absolute atomic E-state index is 0.144. The number of hydrogen-bond acceptors (Lipinski definition) is 2. The van der Waals surface area contributed by atoms with E-state index in [9.17, 15) is 5.11 Å². The first-order valence-corrected chi connectivity index (χ1v) is 6.91. The molecule has 0 spiro atoms. The summed E-state index contributed by atoms with van der Waals surface area (Å²) in [5.41, 5.74) is 6.83. The van der Waals surface area contributed by atoms with Gasteiger partial charge in [-0.25, -0.2) is 0 Å². The van der Waals surface area contributed by atoms with Gasteiger partial charge in [-0.05, 0) is 61.8 Å². The largest absolute Gasteiger partial charge is 0.496 e. The van der Waals surface area contributed by atoms with Crippen molar-refractivity contribution in [1.29, 1.82) is 0 Å². The third-order valence-electron chi connectivity index (χ3n) is 4.33. The Morgan fingerprint density at radius 1 is 1.11 bits per heavy atom. The number of aliphatic hydroxyl groups excluding tert-OH is 1. The minimum atomic E-state index is 0.144. The van der Waals surface area contributed by atoms with Crippen LogP contribution in [0.2, 0.25) is 0 Å². The predicted molar refractivity (Wildman–Crippen MR) is 74.6 cm³/mol. The maximum absolute atomic E-state index is 9.47. The van der Waals surface area contributed by atoms with Gasteiger partial charge in [0.1, 0.15) is 5.75 Å². The van der Waals surface area contributed by atoms with E-state index in [1.807, 2.05) is 0 Å². The number of rotatable bonds is 3. The van der Waals surface area contributed by atoms with E-state index in [0.717, 1.165) is 5.75 Å². The first kappa shape index (κ1) is 13.4. The van der Waals surface area contributed by atoms with E-state index in [4.69, 9.17) is 4.74 Å². The Labute approximate surface area is 110 Å². The van der Waals surface area contributed by atoms with Gasteiger partial charge in [0, 0.05) is 18.1 Å². The average Bonchev–Trinajstić information content (AvgIpc) is 2.41. The molecule has 0 saturated heterocycles. The first-order valence-electron chi connectivity index (χ1n) is 6.91. The zero-order valence-electron chi connectivity index (χ0n) is 12.0. The summed E-state index contributed by atoms with van der Waals surface area (Å²) in [6.07, 6.45) is 4.92. The Kier molecular flexibility index (Phi) is 3.96. The van der Waals surface area contributed by atoms with E-state index in [2.05, 4.69) is 20.8 Å². The second-order valence-electron chi connectivity index (χ2n) is 5.44. The van der Waals surface area contributed by atoms with Gasteiger partial charge in [0.2, 0.25) is 0 Å². The first-order chi connectivity index (χ1) is 8.61. The number of methoxy groups -OCH3 is 1. The van der Waals surface area contributed by atoms with Crippen molar-refractivity contribution in [3.63, 3.8) is 0 Å². The van der Waals surface area contributed by atoms with Gasteiger partial charge in [-0.2, -0.15) is 0 Å². The second kappa shape index (κ2) is 5.31. The molecule has 18 heavy (non-hydrogen) atoms. The van der Waals surface area contributed by atoms with Crippen LogP contribution in [0.3, 0.4) is 0 Å². The number of ether oxygens (including phenoxy) is 1. The van der Waals surface area contributed by atoms with Gasteiger partial charge in [0.15, 0.2) is 0 Å². The quantitative estimate of drug-likeness (QED) is 0.889. The van der Waals surface area contributed by atoms with Gasteiger partial charge in [0.25, 0.3) is 0 Å². The smallest absolute Gasteiger partial charge is 0.125 e. The van der Waals surface area contributed by atoms with Gasteiger partial charge in [-0.15, -0.1) is 0 Å². The van der Waals surface area contributed by atoms with Gasteiger partial charge in [0.05, 0.1) is 7.11 Å². The van der Waals surface area contributed by atoms with Gasteiger partial charge >= 0.3 is 0 Å². The lowest BCUT2D eigenvalue weighted by atomic mass is 9.80. The molecule has 1 aliphatic rings. The van der Waals surface area contributed by atoms with Crippen LogP contribution in [0.1, 0.15) is 53.5 Å². The summed E-state index contributed by atoms with van der Waals surface area (Å²) in [5.74, 6) is 1.14. The van der Waals surface area contributed by atoms with Crippen LogP contribution in [0.15, 0.2) is 0 Å². The van der Waals surface area contributed by atoms with Crippen LogP contribution in [-0.4, -0.2) is 18.8 Å². The highest BCUT2D eigenvalue weighted by Gasteiger charge is 2.24. The number of benzene rings is 1. The molecule has 0 saturated carbocycles. The molecular formula is C16H24O2. The molecule has 1 N–H and O–H groups in total. The van der Waals surface area contributed by atoms with Crippen LogP contribution in [0.5, 0.6) is 5.75 Å². The lowest BCUT2D eigenvalue weighted by Gasteiger charge is -2.27. The SMILES string of the molecule is COc1c(C)c2c(c(C)c1C(C)CO)CCCC2. The van der Waals surface area contributed by atoms with Gasteiger partial charge < -0.3 is 9.84 Å². The molecule has 2 rings (SSSR count). The fourth-order valence-corrected chi connectivity index (χ4v) is 3.35. The van der Waals surface area contributed by atoms with E-state index in [-0.39, 0.29) is 12.5 Å². The third-order valence-corrected chi connectivity index (χ3v) is 4.33. The van der Waals surface area contributed by atoms with Crippen molar-refractivity contribution < 1.29 is 9.84 Å². The van der Waals surface area contributed by atoms with Crippen LogP contribution in [0.25, 0.3) is 0 Å². The van der Waals surface area contributed by atoms with Crippen molar-refractivity contribution >= 4 is 0 Å². The molecule has 1 aromatic carbocycles. The molecule has 1 aliphatic carbocycles. The van der Waals surface area contributed by atoms with E-state index >= 15 is 0 Å². The summed E-state index contributed by atoms with van der Waals surface area (Å²) in [6.45, 7) is 6.60. The van der Waals surface area contributed by atoms with Crippen molar-refractivity contribution in [2.24, 2.45) is 0 Å². The molecular weight excluding hydrogens is 224 g/mol. The Morgan fingerprint density at radius 2 is 1.67 bits per heavy atom. The predicted octanol–water partition coefficient (Wildman–Crippen LogP) is 3.29. The summed E-state index contributed by atoms with van der Waals surface area (Å²) in [4.78, 5) is 0. The highest BCUT2D eigenvalue weighted by atomic mass is 16.5. The van der Waals surface area contributed by atoms with E-state index < -0.39 is 0 Å². The summed E-state index contributed by atoms with van der Waals surface area (Å²) in [6, 6.07) is 0. The molecule has 0 heterocycles. The molecule has 0 bridgehead atoms. The highest BCUT2D eigenvalue weighted by molar-refractivity contribution is 5.57. The number of fused-ring (bicyclic) bond motifs is 1. The monoisotopic (exact) mass is 248 g/mol. The summed E-state index contributed by atoms with van der Waals surface area (Å²) in [5, 5.41) is 9.47. The highest BCUT2D eigenvalue weighted by Crippen LogP contribution is 2.40. The van der Waals surface area contributed by atoms with Crippen molar-refractivity contribution in [3.8, 4) is 5.75 Å². The molecule has 0 amide bonds. The normalized spacial score (nSPS) is 16.3. The summed E-state index contributed by atoms with van der Waals surface area (Å²) >= 11 is 0. The second-order valence-corrected chi connectivity index (χ2v) is 5.44. The fourth-order valence-electron chi connectivity index (χ4n) is 3.35. The average molecular weight is 248 g/mol. The molecule has 0 radical (unpaired) electrons. The number of aliphatic hydroxyl groups is 1. The zero-order valence-corrected chi connectivity index (χ0v) is 12.0. The Hall–Kier alpha value is -1.02. The van der Waals surface area contributed by atoms with Crippen molar-refractivity contribution in [2.75, 3.05) is 13.7 Å². The number of hydrogen-bond donors (Lipinski definition) is 1.